The van der Waals surface area contributed by atoms with Gasteiger partial charge in [-0.2, -0.15) is 0 Å². The van der Waals surface area contributed by atoms with Crippen molar-refractivity contribution in [3.05, 3.63) is 48.3 Å². The Kier molecular flexibility index (Phi) is 3.54. The number of hydrogen-bond donors (Lipinski definition) is 0. The van der Waals surface area contributed by atoms with Crippen LogP contribution in [0.1, 0.15) is 21.1 Å². The Balaban J connectivity index is 1.82. The third-order valence-electron chi connectivity index (χ3n) is 2.68. The molecule has 0 unspecified atom stereocenters. The summed E-state index contributed by atoms with van der Waals surface area (Å²) in [4.78, 5) is 29.6. The normalized spacial score (nSPS) is 16.8. The van der Waals surface area contributed by atoms with Crippen molar-refractivity contribution in [2.75, 3.05) is 6.54 Å². The summed E-state index contributed by atoms with van der Waals surface area (Å²) >= 11 is 0.00447. The third kappa shape index (κ3) is 2.45. The Morgan fingerprint density at radius 1 is 1.15 bits per heavy atom. The number of amidine groups is 1. The van der Waals surface area contributed by atoms with E-state index in [0.717, 1.165) is 5.32 Å². The molecule has 7 heteroatoms. The molecule has 20 heavy (non-hydrogen) atoms. The van der Waals surface area contributed by atoms with Gasteiger partial charge in [-0.15, -0.1) is 0 Å². The number of rotatable bonds is 2. The maximum absolute atomic E-state index is 12.2. The molecule has 2 aromatic heterocycles. The van der Waals surface area contributed by atoms with Crippen LogP contribution in [0.2, 0.25) is 5.32 Å². The quantitative estimate of drug-likeness (QED) is 0.781. The van der Waals surface area contributed by atoms with Crippen LogP contribution in [0.25, 0.3) is 0 Å². The van der Waals surface area contributed by atoms with Crippen LogP contribution < -0.4 is 0 Å². The van der Waals surface area contributed by atoms with Crippen molar-refractivity contribution in [2.24, 2.45) is 4.99 Å². The molecule has 6 nitrogen and oxygen atoms in total. The second-order valence-corrected chi connectivity index (χ2v) is 6.19. The van der Waals surface area contributed by atoms with Crippen LogP contribution in [0.3, 0.4) is 0 Å². The van der Waals surface area contributed by atoms with Crippen LogP contribution in [-0.4, -0.2) is 42.9 Å². The average molecular weight is 337 g/mol. The predicted molar refractivity (Wildman–Crippen MR) is 70.8 cm³/mol. The molecule has 3 heterocycles. The fourth-order valence-electron chi connectivity index (χ4n) is 1.76. The van der Waals surface area contributed by atoms with E-state index < -0.39 is 5.91 Å². The molecule has 2 aromatic rings. The number of carbonyl (C=O) groups excluding carboxylic acids is 2. The molecular weight excluding hydrogens is 327 g/mol. The van der Waals surface area contributed by atoms with Crippen LogP contribution in [0, 0.1) is 0 Å². The van der Waals surface area contributed by atoms with E-state index in [1.165, 1.54) is 17.4 Å². The van der Waals surface area contributed by atoms with Gasteiger partial charge < -0.3 is 0 Å². The Bertz CT molecular complexity index is 646. The van der Waals surface area contributed by atoms with Gasteiger partial charge in [-0.25, -0.2) is 0 Å². The van der Waals surface area contributed by atoms with Gasteiger partial charge in [0.25, 0.3) is 0 Å². The molecule has 1 aliphatic rings. The zero-order valence-electron chi connectivity index (χ0n) is 10.3. The van der Waals surface area contributed by atoms with Gasteiger partial charge in [0.2, 0.25) is 0 Å². The van der Waals surface area contributed by atoms with E-state index in [9.17, 15) is 9.59 Å². The summed E-state index contributed by atoms with van der Waals surface area (Å²) in [7, 11) is 0. The number of amides is 2. The van der Waals surface area contributed by atoms with Crippen molar-refractivity contribution in [1.82, 2.24) is 4.90 Å². The second kappa shape index (κ2) is 5.48. The van der Waals surface area contributed by atoms with Gasteiger partial charge >= 0.3 is 120 Å². The molecule has 0 atom stereocenters. The van der Waals surface area contributed by atoms with Gasteiger partial charge in [-0.05, 0) is 0 Å². The van der Waals surface area contributed by atoms with E-state index in [1.54, 1.807) is 24.3 Å². The van der Waals surface area contributed by atoms with Gasteiger partial charge in [-0.1, -0.05) is 0 Å². The van der Waals surface area contributed by atoms with E-state index in [0.29, 0.717) is 11.3 Å². The molecule has 0 aliphatic carbocycles. The first-order chi connectivity index (χ1) is 9.75. The van der Waals surface area contributed by atoms with Gasteiger partial charge in [0, 0.05) is 0 Å². The molecule has 102 valence electrons. The summed E-state index contributed by atoms with van der Waals surface area (Å²) in [6.45, 7) is 0.559. The SMILES string of the molecule is O=C(N=C1[Se]CCN1C(=O)c1ccco1)c1ccco1. The molecule has 0 bridgehead atoms. The zero-order chi connectivity index (χ0) is 13.9. The Morgan fingerprint density at radius 2 is 1.85 bits per heavy atom. The topological polar surface area (TPSA) is 76.0 Å². The van der Waals surface area contributed by atoms with E-state index in [1.807, 2.05) is 0 Å². The van der Waals surface area contributed by atoms with Crippen molar-refractivity contribution in [3.63, 3.8) is 0 Å². The molecule has 0 saturated carbocycles. The summed E-state index contributed by atoms with van der Waals surface area (Å²) in [5, 5.41) is 0.837. The molecular formula is C13H10N2O4Se. The first-order valence-electron chi connectivity index (χ1n) is 5.90. The molecule has 1 saturated heterocycles. The van der Waals surface area contributed by atoms with Crippen molar-refractivity contribution in [2.45, 2.75) is 5.32 Å². The maximum atomic E-state index is 12.2. The minimum atomic E-state index is -0.467. The van der Waals surface area contributed by atoms with E-state index in [-0.39, 0.29) is 32.4 Å². The second-order valence-electron chi connectivity index (χ2n) is 3.96. The van der Waals surface area contributed by atoms with Crippen molar-refractivity contribution in [1.29, 1.82) is 0 Å². The summed E-state index contributed by atoms with van der Waals surface area (Å²) in [6, 6.07) is 6.42. The number of aliphatic imine (C=N–C) groups is 1. The van der Waals surface area contributed by atoms with Crippen molar-refractivity contribution in [3.8, 4) is 0 Å². The van der Waals surface area contributed by atoms with Crippen molar-refractivity contribution >= 4 is 31.5 Å². The molecule has 0 radical (unpaired) electrons. The number of furan rings is 2. The number of nitrogens with zero attached hydrogens (tertiary/aromatic N) is 2. The molecule has 0 spiro atoms. The summed E-state index contributed by atoms with van der Waals surface area (Å²) < 4.78 is 10.6. The van der Waals surface area contributed by atoms with Gasteiger partial charge in [0.05, 0.1) is 0 Å². The Morgan fingerprint density at radius 3 is 2.50 bits per heavy atom. The summed E-state index contributed by atoms with van der Waals surface area (Å²) in [5.41, 5.74) is 0. The first kappa shape index (κ1) is 12.9. The van der Waals surface area contributed by atoms with E-state index in [2.05, 4.69) is 4.99 Å². The van der Waals surface area contributed by atoms with Crippen LogP contribution >= 0.6 is 0 Å². The van der Waals surface area contributed by atoms with Gasteiger partial charge in [-0.3, -0.25) is 0 Å². The van der Waals surface area contributed by atoms with Crippen molar-refractivity contribution < 1.29 is 18.4 Å². The van der Waals surface area contributed by atoms with Crippen LogP contribution in [-0.2, 0) is 0 Å². The monoisotopic (exact) mass is 338 g/mol. The molecule has 0 aromatic carbocycles. The minimum absolute atomic E-state index is 0.00447. The number of carbonyl (C=O) groups is 2. The Labute approximate surface area is 120 Å². The Hall–Kier alpha value is -2.11. The van der Waals surface area contributed by atoms with Gasteiger partial charge in [0.15, 0.2) is 0 Å². The summed E-state index contributed by atoms with van der Waals surface area (Å²) in [5.74, 6) is -0.308. The molecule has 3 rings (SSSR count). The fraction of sp³-hybridized carbons (Fsp3) is 0.154. The van der Waals surface area contributed by atoms with E-state index >= 15 is 0 Å². The first-order valence-corrected chi connectivity index (χ1v) is 7.97. The zero-order valence-corrected chi connectivity index (χ0v) is 12.0. The molecule has 1 aliphatic heterocycles. The molecule has 0 N–H and O–H groups in total. The van der Waals surface area contributed by atoms with Crippen LogP contribution in [0.15, 0.2) is 50.6 Å². The standard InChI is InChI=1S/C13H10N2O4Se/c16-11(9-3-1-6-18-9)14-13-15(5-8-20-13)12(17)10-4-2-7-19-10/h1-4,6-7H,5,8H2. The summed E-state index contributed by atoms with van der Waals surface area (Å²) in [6.07, 6.45) is 2.86. The third-order valence-corrected chi connectivity index (χ3v) is 4.69. The fourth-order valence-corrected chi connectivity index (χ4v) is 3.72. The molecule has 1 fully saturated rings. The average Bonchev–Trinajstić information content (AvgIpc) is 3.20. The van der Waals surface area contributed by atoms with Gasteiger partial charge in [0.1, 0.15) is 0 Å². The van der Waals surface area contributed by atoms with Crippen LogP contribution in [0.5, 0.6) is 0 Å². The van der Waals surface area contributed by atoms with E-state index in [4.69, 9.17) is 8.83 Å². The molecule has 2 amide bonds. The van der Waals surface area contributed by atoms with Crippen LogP contribution in [0.4, 0.5) is 0 Å². The predicted octanol–water partition coefficient (Wildman–Crippen LogP) is 1.65. The number of hydrogen-bond acceptors (Lipinski definition) is 4.